The molecule has 0 aromatic heterocycles. The molecule has 0 heterocycles. The summed E-state index contributed by atoms with van der Waals surface area (Å²) in [5.74, 6) is -0.967. The summed E-state index contributed by atoms with van der Waals surface area (Å²) in [4.78, 5) is 11.0. The average Bonchev–Trinajstić information content (AvgIpc) is 2.34. The SMILES string of the molecule is O=C(O)C[C@]1(O)CCCC[C@H]1Cc1ccccc1Cl. The number of hydrogen-bond donors (Lipinski definition) is 2. The molecule has 0 spiro atoms. The molecule has 2 atom stereocenters. The predicted octanol–water partition coefficient (Wildman–Crippen LogP) is 3.28. The van der Waals surface area contributed by atoms with Crippen molar-refractivity contribution in [1.82, 2.24) is 0 Å². The van der Waals surface area contributed by atoms with E-state index in [2.05, 4.69) is 0 Å². The van der Waals surface area contributed by atoms with E-state index < -0.39 is 11.6 Å². The van der Waals surface area contributed by atoms with Gasteiger partial charge in [-0.05, 0) is 36.8 Å². The Balaban J connectivity index is 2.16. The minimum absolute atomic E-state index is 0.0303. The number of hydrogen-bond acceptors (Lipinski definition) is 2. The van der Waals surface area contributed by atoms with Gasteiger partial charge in [-0.3, -0.25) is 4.79 Å². The molecule has 104 valence electrons. The van der Waals surface area contributed by atoms with Crippen molar-refractivity contribution in [3.05, 3.63) is 34.9 Å². The topological polar surface area (TPSA) is 57.5 Å². The lowest BCUT2D eigenvalue weighted by molar-refractivity contribution is -0.147. The molecule has 0 unspecified atom stereocenters. The predicted molar refractivity (Wildman–Crippen MR) is 74.3 cm³/mol. The molecule has 1 saturated carbocycles. The number of halogens is 1. The minimum Gasteiger partial charge on any atom is -0.481 e. The fourth-order valence-corrected chi connectivity index (χ4v) is 3.22. The van der Waals surface area contributed by atoms with Gasteiger partial charge in [0.2, 0.25) is 0 Å². The normalized spacial score (nSPS) is 27.2. The highest BCUT2D eigenvalue weighted by Crippen LogP contribution is 2.39. The molecule has 3 nitrogen and oxygen atoms in total. The highest BCUT2D eigenvalue weighted by Gasteiger charge is 2.40. The third kappa shape index (κ3) is 3.48. The third-order valence-electron chi connectivity index (χ3n) is 4.05. The Hall–Kier alpha value is -1.06. The fraction of sp³-hybridized carbons (Fsp3) is 0.533. The van der Waals surface area contributed by atoms with Gasteiger partial charge in [-0.2, -0.15) is 0 Å². The number of rotatable bonds is 4. The summed E-state index contributed by atoms with van der Waals surface area (Å²) in [5, 5.41) is 20.3. The van der Waals surface area contributed by atoms with Crippen molar-refractivity contribution >= 4 is 17.6 Å². The van der Waals surface area contributed by atoms with Gasteiger partial charge in [0.15, 0.2) is 0 Å². The van der Waals surface area contributed by atoms with Crippen molar-refractivity contribution in [2.24, 2.45) is 5.92 Å². The van der Waals surface area contributed by atoms with Gasteiger partial charge in [0.1, 0.15) is 0 Å². The molecule has 1 aromatic rings. The van der Waals surface area contributed by atoms with Crippen LogP contribution in [0.2, 0.25) is 5.02 Å². The molecule has 1 aromatic carbocycles. The summed E-state index contributed by atoms with van der Waals surface area (Å²) in [6.07, 6.45) is 3.81. The first kappa shape index (κ1) is 14.4. The monoisotopic (exact) mass is 282 g/mol. The van der Waals surface area contributed by atoms with E-state index in [0.717, 1.165) is 24.8 Å². The quantitative estimate of drug-likeness (QED) is 0.891. The molecule has 0 saturated heterocycles. The molecule has 1 aliphatic carbocycles. The van der Waals surface area contributed by atoms with Crippen LogP contribution in [0.5, 0.6) is 0 Å². The van der Waals surface area contributed by atoms with Gasteiger partial charge in [0.05, 0.1) is 12.0 Å². The minimum atomic E-state index is -1.09. The second kappa shape index (κ2) is 5.93. The molecule has 1 fully saturated rings. The van der Waals surface area contributed by atoms with Crippen LogP contribution in [0, 0.1) is 5.92 Å². The van der Waals surface area contributed by atoms with E-state index in [1.165, 1.54) is 0 Å². The summed E-state index contributed by atoms with van der Waals surface area (Å²) >= 11 is 6.14. The van der Waals surface area contributed by atoms with Crippen molar-refractivity contribution in [3.8, 4) is 0 Å². The van der Waals surface area contributed by atoms with E-state index in [9.17, 15) is 9.90 Å². The summed E-state index contributed by atoms with van der Waals surface area (Å²) < 4.78 is 0. The smallest absolute Gasteiger partial charge is 0.306 e. The maximum atomic E-state index is 11.0. The van der Waals surface area contributed by atoms with Gasteiger partial charge in [0, 0.05) is 5.02 Å². The van der Waals surface area contributed by atoms with E-state index >= 15 is 0 Å². The molecule has 19 heavy (non-hydrogen) atoms. The summed E-state index contributed by atoms with van der Waals surface area (Å²) in [6.45, 7) is 0. The number of benzene rings is 1. The van der Waals surface area contributed by atoms with Gasteiger partial charge in [-0.25, -0.2) is 0 Å². The first-order valence-corrected chi connectivity index (χ1v) is 7.07. The number of aliphatic hydroxyl groups is 1. The molecular formula is C15H19ClO3. The van der Waals surface area contributed by atoms with Crippen molar-refractivity contribution in [1.29, 1.82) is 0 Å². The fourth-order valence-electron chi connectivity index (χ4n) is 3.01. The van der Waals surface area contributed by atoms with Crippen LogP contribution in [0.15, 0.2) is 24.3 Å². The first-order chi connectivity index (χ1) is 9.01. The lowest BCUT2D eigenvalue weighted by Gasteiger charge is -2.39. The standard InChI is InChI=1S/C15H19ClO3/c16-13-7-2-1-5-11(13)9-12-6-3-4-8-15(12,19)10-14(17)18/h1-2,5,7,12,19H,3-4,6,8-10H2,(H,17,18)/t12-,15+/m0/s1. The Kier molecular flexibility index (Phi) is 4.48. The second-order valence-corrected chi connectivity index (χ2v) is 5.82. The van der Waals surface area contributed by atoms with Crippen molar-refractivity contribution in [2.45, 2.75) is 44.1 Å². The number of aliphatic carboxylic acids is 1. The van der Waals surface area contributed by atoms with Crippen molar-refractivity contribution < 1.29 is 15.0 Å². The van der Waals surface area contributed by atoms with E-state index in [1.54, 1.807) is 0 Å². The number of carboxylic acids is 1. The molecule has 0 bridgehead atoms. The van der Waals surface area contributed by atoms with E-state index in [-0.39, 0.29) is 12.3 Å². The lowest BCUT2D eigenvalue weighted by Crippen LogP contribution is -2.43. The molecule has 0 radical (unpaired) electrons. The third-order valence-corrected chi connectivity index (χ3v) is 4.42. The van der Waals surface area contributed by atoms with Crippen LogP contribution in [-0.4, -0.2) is 21.8 Å². The maximum Gasteiger partial charge on any atom is 0.306 e. The van der Waals surface area contributed by atoms with E-state index in [0.29, 0.717) is 17.9 Å². The summed E-state index contributed by atoms with van der Waals surface area (Å²) in [7, 11) is 0. The Morgan fingerprint density at radius 2 is 2.11 bits per heavy atom. The summed E-state index contributed by atoms with van der Waals surface area (Å²) in [5.41, 5.74) is -0.108. The largest absolute Gasteiger partial charge is 0.481 e. The average molecular weight is 283 g/mol. The molecule has 1 aliphatic rings. The molecular weight excluding hydrogens is 264 g/mol. The van der Waals surface area contributed by atoms with Crippen molar-refractivity contribution in [2.75, 3.05) is 0 Å². The highest BCUT2D eigenvalue weighted by atomic mass is 35.5. The van der Waals surface area contributed by atoms with Gasteiger partial charge in [-0.1, -0.05) is 42.6 Å². The van der Waals surface area contributed by atoms with Crippen LogP contribution in [-0.2, 0) is 11.2 Å². The van der Waals surface area contributed by atoms with Crippen molar-refractivity contribution in [3.63, 3.8) is 0 Å². The van der Waals surface area contributed by atoms with Gasteiger partial charge in [0.25, 0.3) is 0 Å². The molecule has 0 amide bonds. The molecule has 2 rings (SSSR count). The highest BCUT2D eigenvalue weighted by molar-refractivity contribution is 6.31. The zero-order valence-electron chi connectivity index (χ0n) is 10.8. The Labute approximate surface area is 118 Å². The summed E-state index contributed by atoms with van der Waals surface area (Å²) in [6, 6.07) is 7.56. The van der Waals surface area contributed by atoms with E-state index in [4.69, 9.17) is 16.7 Å². The zero-order chi connectivity index (χ0) is 13.9. The van der Waals surface area contributed by atoms with Crippen LogP contribution >= 0.6 is 11.6 Å². The Bertz CT molecular complexity index is 460. The lowest BCUT2D eigenvalue weighted by atomic mass is 9.71. The number of carbonyl (C=O) groups is 1. The Morgan fingerprint density at radius 1 is 1.37 bits per heavy atom. The molecule has 0 aliphatic heterocycles. The van der Waals surface area contributed by atoms with E-state index in [1.807, 2.05) is 24.3 Å². The van der Waals surface area contributed by atoms with Crippen LogP contribution in [0.4, 0.5) is 0 Å². The zero-order valence-corrected chi connectivity index (χ0v) is 11.6. The maximum absolute atomic E-state index is 11.0. The van der Waals surface area contributed by atoms with Crippen LogP contribution in [0.25, 0.3) is 0 Å². The van der Waals surface area contributed by atoms with Gasteiger partial charge >= 0.3 is 5.97 Å². The molecule has 4 heteroatoms. The van der Waals surface area contributed by atoms with Crippen LogP contribution < -0.4 is 0 Å². The molecule has 2 N–H and O–H groups in total. The van der Waals surface area contributed by atoms with Gasteiger partial charge < -0.3 is 10.2 Å². The Morgan fingerprint density at radius 3 is 2.79 bits per heavy atom. The first-order valence-electron chi connectivity index (χ1n) is 6.69. The number of carboxylic acid groups (broad SMARTS) is 1. The van der Waals surface area contributed by atoms with Crippen LogP contribution in [0.3, 0.4) is 0 Å². The van der Waals surface area contributed by atoms with Gasteiger partial charge in [-0.15, -0.1) is 0 Å². The second-order valence-electron chi connectivity index (χ2n) is 5.41. The van der Waals surface area contributed by atoms with Crippen LogP contribution in [0.1, 0.15) is 37.7 Å².